The van der Waals surface area contributed by atoms with E-state index in [0.29, 0.717) is 22.8 Å². The van der Waals surface area contributed by atoms with E-state index in [4.69, 9.17) is 11.6 Å². The van der Waals surface area contributed by atoms with Crippen molar-refractivity contribution < 1.29 is 4.79 Å². The average molecular weight is 318 g/mol. The number of nitrogens with one attached hydrogen (secondary N) is 1. The molecule has 1 aromatic rings. The summed E-state index contributed by atoms with van der Waals surface area (Å²) in [7, 11) is 0. The first-order chi connectivity index (χ1) is 10.5. The Hall–Kier alpha value is -1.99. The molecule has 2 rings (SSSR count). The number of anilines is 1. The van der Waals surface area contributed by atoms with Crippen LogP contribution in [0.1, 0.15) is 33.1 Å². The van der Waals surface area contributed by atoms with E-state index in [2.05, 4.69) is 24.1 Å². The molecule has 0 radical (unpaired) electrons. The fraction of sp³-hybridized carbons (Fsp3) is 0.412. The Bertz CT molecular complexity index is 593. The Morgan fingerprint density at radius 2 is 1.91 bits per heavy atom. The van der Waals surface area contributed by atoms with Crippen molar-refractivity contribution in [3.8, 4) is 6.07 Å². The summed E-state index contributed by atoms with van der Waals surface area (Å²) >= 11 is 5.82. The van der Waals surface area contributed by atoms with Gasteiger partial charge in [0.1, 0.15) is 11.6 Å². The molecule has 0 bridgehead atoms. The number of hydrogen-bond donors (Lipinski definition) is 1. The molecule has 1 amide bonds. The highest BCUT2D eigenvalue weighted by Gasteiger charge is 2.23. The van der Waals surface area contributed by atoms with E-state index in [1.54, 1.807) is 30.5 Å². The highest BCUT2D eigenvalue weighted by Crippen LogP contribution is 2.23. The lowest BCUT2D eigenvalue weighted by Crippen LogP contribution is -2.40. The minimum atomic E-state index is -0.394. The molecule has 1 fully saturated rings. The molecule has 4 nitrogen and oxygen atoms in total. The van der Waals surface area contributed by atoms with Gasteiger partial charge in [0, 0.05) is 29.0 Å². The molecule has 2 atom stereocenters. The number of halogens is 1. The van der Waals surface area contributed by atoms with Crippen LogP contribution < -0.4 is 5.32 Å². The van der Waals surface area contributed by atoms with Crippen LogP contribution in [0.25, 0.3) is 0 Å². The Labute approximate surface area is 136 Å². The van der Waals surface area contributed by atoms with Crippen LogP contribution in [0, 0.1) is 11.3 Å². The van der Waals surface area contributed by atoms with E-state index in [9.17, 15) is 10.1 Å². The maximum Gasteiger partial charge on any atom is 0.267 e. The molecule has 1 saturated heterocycles. The predicted octanol–water partition coefficient (Wildman–Crippen LogP) is 3.95. The quantitative estimate of drug-likeness (QED) is 0.678. The van der Waals surface area contributed by atoms with Crippen molar-refractivity contribution in [2.75, 3.05) is 5.32 Å². The summed E-state index contributed by atoms with van der Waals surface area (Å²) in [5.74, 6) is -0.394. The van der Waals surface area contributed by atoms with Crippen molar-refractivity contribution in [2.24, 2.45) is 0 Å². The van der Waals surface area contributed by atoms with E-state index in [1.165, 1.54) is 6.42 Å². The average Bonchev–Trinajstić information content (AvgIpc) is 2.49. The first-order valence-electron chi connectivity index (χ1n) is 7.47. The Morgan fingerprint density at radius 3 is 2.45 bits per heavy atom. The third kappa shape index (κ3) is 4.02. The molecule has 1 N–H and O–H groups in total. The van der Waals surface area contributed by atoms with Crippen LogP contribution >= 0.6 is 11.6 Å². The molecule has 116 valence electrons. The molecule has 22 heavy (non-hydrogen) atoms. The Kier molecular flexibility index (Phi) is 5.46. The van der Waals surface area contributed by atoms with Crippen LogP contribution in [0.3, 0.4) is 0 Å². The van der Waals surface area contributed by atoms with Gasteiger partial charge in [-0.2, -0.15) is 5.26 Å². The van der Waals surface area contributed by atoms with Gasteiger partial charge >= 0.3 is 0 Å². The number of rotatable bonds is 3. The number of amides is 1. The van der Waals surface area contributed by atoms with E-state index < -0.39 is 5.91 Å². The lowest BCUT2D eigenvalue weighted by atomic mass is 9.98. The molecular weight excluding hydrogens is 298 g/mol. The van der Waals surface area contributed by atoms with Gasteiger partial charge in [0.15, 0.2) is 0 Å². The van der Waals surface area contributed by atoms with Crippen molar-refractivity contribution >= 4 is 23.2 Å². The van der Waals surface area contributed by atoms with Gasteiger partial charge in [0.05, 0.1) is 0 Å². The molecule has 1 heterocycles. The minimum absolute atomic E-state index is 0.121. The molecule has 2 unspecified atom stereocenters. The van der Waals surface area contributed by atoms with Crippen LogP contribution in [-0.2, 0) is 4.79 Å². The highest BCUT2D eigenvalue weighted by atomic mass is 35.5. The van der Waals surface area contributed by atoms with Gasteiger partial charge in [-0.25, -0.2) is 0 Å². The third-order valence-corrected chi connectivity index (χ3v) is 4.26. The second-order valence-corrected chi connectivity index (χ2v) is 6.13. The predicted molar refractivity (Wildman–Crippen MR) is 88.4 cm³/mol. The van der Waals surface area contributed by atoms with Gasteiger partial charge in [-0.05, 0) is 57.4 Å². The second-order valence-electron chi connectivity index (χ2n) is 5.69. The largest absolute Gasteiger partial charge is 0.371 e. The lowest BCUT2D eigenvalue weighted by Gasteiger charge is -2.38. The van der Waals surface area contributed by atoms with Crippen molar-refractivity contribution in [1.82, 2.24) is 4.90 Å². The molecule has 1 aliphatic heterocycles. The molecule has 0 aliphatic carbocycles. The van der Waals surface area contributed by atoms with Gasteiger partial charge in [0.25, 0.3) is 5.91 Å². The number of carbonyl (C=O) groups excluding carboxylic acids is 1. The fourth-order valence-electron chi connectivity index (χ4n) is 2.71. The fourth-order valence-corrected chi connectivity index (χ4v) is 2.84. The van der Waals surface area contributed by atoms with Crippen LogP contribution in [0.2, 0.25) is 5.02 Å². The van der Waals surface area contributed by atoms with Gasteiger partial charge < -0.3 is 10.2 Å². The lowest BCUT2D eigenvalue weighted by molar-refractivity contribution is -0.112. The zero-order valence-electron chi connectivity index (χ0n) is 12.8. The first kappa shape index (κ1) is 16.4. The SMILES string of the molecule is CC1CCCC(C)N1/C=C(/C#N)C(=O)Nc1ccc(Cl)cc1. The van der Waals surface area contributed by atoms with Crippen molar-refractivity contribution in [1.29, 1.82) is 5.26 Å². The molecule has 0 aromatic heterocycles. The zero-order valence-corrected chi connectivity index (χ0v) is 13.6. The number of hydrogen-bond acceptors (Lipinski definition) is 3. The summed E-state index contributed by atoms with van der Waals surface area (Å²) in [6.07, 6.45) is 5.04. The molecular formula is C17H20ClN3O. The number of benzene rings is 1. The summed E-state index contributed by atoms with van der Waals surface area (Å²) in [5.41, 5.74) is 0.742. The van der Waals surface area contributed by atoms with E-state index in [1.807, 2.05) is 6.07 Å². The Balaban J connectivity index is 2.13. The smallest absolute Gasteiger partial charge is 0.267 e. The number of nitriles is 1. The highest BCUT2D eigenvalue weighted by molar-refractivity contribution is 6.30. The van der Waals surface area contributed by atoms with Crippen molar-refractivity contribution in [3.63, 3.8) is 0 Å². The van der Waals surface area contributed by atoms with Crippen LogP contribution in [-0.4, -0.2) is 22.9 Å². The standard InChI is InChI=1S/C17H20ClN3O/c1-12-4-3-5-13(2)21(12)11-14(10-19)17(22)20-16-8-6-15(18)7-9-16/h6-9,11-13H,3-5H2,1-2H3,(H,20,22)/b14-11-. The number of nitrogens with zero attached hydrogens (tertiary/aromatic N) is 2. The summed E-state index contributed by atoms with van der Waals surface area (Å²) < 4.78 is 0. The summed E-state index contributed by atoms with van der Waals surface area (Å²) in [4.78, 5) is 14.4. The monoisotopic (exact) mass is 317 g/mol. The van der Waals surface area contributed by atoms with Gasteiger partial charge in [-0.1, -0.05) is 11.6 Å². The molecule has 0 spiro atoms. The second kappa shape index (κ2) is 7.33. The molecule has 1 aromatic carbocycles. The first-order valence-corrected chi connectivity index (χ1v) is 7.85. The van der Waals surface area contributed by atoms with E-state index in [-0.39, 0.29) is 5.57 Å². The van der Waals surface area contributed by atoms with E-state index >= 15 is 0 Å². The number of likely N-dealkylation sites (tertiary alicyclic amines) is 1. The summed E-state index contributed by atoms with van der Waals surface area (Å²) in [6.45, 7) is 4.25. The van der Waals surface area contributed by atoms with Crippen LogP contribution in [0.5, 0.6) is 0 Å². The van der Waals surface area contributed by atoms with Crippen LogP contribution in [0.4, 0.5) is 5.69 Å². The van der Waals surface area contributed by atoms with Gasteiger partial charge in [-0.3, -0.25) is 4.79 Å². The molecule has 1 aliphatic rings. The Morgan fingerprint density at radius 1 is 1.32 bits per heavy atom. The minimum Gasteiger partial charge on any atom is -0.371 e. The molecule has 0 saturated carbocycles. The van der Waals surface area contributed by atoms with Crippen LogP contribution in [0.15, 0.2) is 36.0 Å². The third-order valence-electron chi connectivity index (χ3n) is 4.01. The molecule has 5 heteroatoms. The maximum absolute atomic E-state index is 12.3. The topological polar surface area (TPSA) is 56.1 Å². The normalized spacial score (nSPS) is 22.1. The van der Waals surface area contributed by atoms with E-state index in [0.717, 1.165) is 12.8 Å². The van der Waals surface area contributed by atoms with Gasteiger partial charge in [-0.15, -0.1) is 0 Å². The summed E-state index contributed by atoms with van der Waals surface area (Å²) in [5, 5.41) is 12.6. The number of piperidine rings is 1. The summed E-state index contributed by atoms with van der Waals surface area (Å²) in [6, 6.07) is 9.50. The van der Waals surface area contributed by atoms with Crippen molar-refractivity contribution in [2.45, 2.75) is 45.2 Å². The number of carbonyl (C=O) groups is 1. The van der Waals surface area contributed by atoms with Crippen molar-refractivity contribution in [3.05, 3.63) is 41.1 Å². The zero-order chi connectivity index (χ0) is 16.1. The maximum atomic E-state index is 12.3. The van der Waals surface area contributed by atoms with Gasteiger partial charge in [0.2, 0.25) is 0 Å².